The summed E-state index contributed by atoms with van der Waals surface area (Å²) >= 11 is 0. The van der Waals surface area contributed by atoms with Crippen LogP contribution in [0.5, 0.6) is 0 Å². The average molecular weight is 346 g/mol. The van der Waals surface area contributed by atoms with Gasteiger partial charge in [-0.05, 0) is 36.4 Å². The van der Waals surface area contributed by atoms with Crippen molar-refractivity contribution in [3.8, 4) is 0 Å². The van der Waals surface area contributed by atoms with Crippen molar-refractivity contribution in [3.05, 3.63) is 66.6 Å². The predicted octanol–water partition coefficient (Wildman–Crippen LogP) is 3.68. The van der Waals surface area contributed by atoms with Crippen molar-refractivity contribution >= 4 is 40.1 Å². The highest BCUT2D eigenvalue weighted by Gasteiger charge is 2.17. The van der Waals surface area contributed by atoms with Crippen molar-refractivity contribution < 1.29 is 4.39 Å². The molecule has 26 heavy (non-hydrogen) atoms. The van der Waals surface area contributed by atoms with Crippen LogP contribution in [0.4, 0.5) is 21.6 Å². The molecule has 7 heteroatoms. The van der Waals surface area contributed by atoms with Gasteiger partial charge in [-0.15, -0.1) is 0 Å². The molecule has 4 aromatic rings. The van der Waals surface area contributed by atoms with Gasteiger partial charge in [-0.2, -0.15) is 5.10 Å². The molecule has 0 spiro atoms. The van der Waals surface area contributed by atoms with E-state index in [1.165, 1.54) is 6.07 Å². The molecule has 2 aromatic heterocycles. The number of benzene rings is 2. The number of nitrogens with zero attached hydrogens (tertiary/aromatic N) is 4. The Balaban J connectivity index is 1.73. The van der Waals surface area contributed by atoms with E-state index in [4.69, 9.17) is 4.98 Å². The van der Waals surface area contributed by atoms with Crippen LogP contribution >= 0.6 is 0 Å². The molecule has 6 nitrogen and oxygen atoms in total. The van der Waals surface area contributed by atoms with Gasteiger partial charge in [0.25, 0.3) is 0 Å². The van der Waals surface area contributed by atoms with Gasteiger partial charge in [0.2, 0.25) is 0 Å². The molecule has 1 aliphatic heterocycles. The molecule has 0 unspecified atom stereocenters. The highest BCUT2D eigenvalue weighted by molar-refractivity contribution is 5.94. The Morgan fingerprint density at radius 3 is 2.65 bits per heavy atom. The molecule has 5 rings (SSSR count). The summed E-state index contributed by atoms with van der Waals surface area (Å²) in [4.78, 5) is 4.85. The monoisotopic (exact) mass is 346 g/mol. The number of para-hydroxylation sites is 2. The predicted molar refractivity (Wildman–Crippen MR) is 101 cm³/mol. The third kappa shape index (κ3) is 2.25. The summed E-state index contributed by atoms with van der Waals surface area (Å²) in [5.74, 6) is 0.437. The largest absolute Gasteiger partial charge is 0.356 e. The van der Waals surface area contributed by atoms with E-state index in [1.54, 1.807) is 29.5 Å². The van der Waals surface area contributed by atoms with E-state index in [9.17, 15) is 4.39 Å². The molecule has 0 bridgehead atoms. The van der Waals surface area contributed by atoms with Crippen LogP contribution in [0.25, 0.3) is 16.6 Å². The van der Waals surface area contributed by atoms with Gasteiger partial charge < -0.3 is 15.0 Å². The minimum Gasteiger partial charge on any atom is -0.356 e. The molecule has 2 aromatic carbocycles. The van der Waals surface area contributed by atoms with Gasteiger partial charge >= 0.3 is 0 Å². The lowest BCUT2D eigenvalue weighted by Crippen LogP contribution is -2.22. The maximum absolute atomic E-state index is 14.1. The number of anilines is 3. The third-order valence-electron chi connectivity index (χ3n) is 4.39. The molecule has 3 heterocycles. The topological polar surface area (TPSA) is 57.0 Å². The number of fused-ring (bicyclic) bond motifs is 3. The Hall–Kier alpha value is -3.61. The number of rotatable bonds is 3. The second-order valence-electron chi connectivity index (χ2n) is 5.98. The number of hydrazone groups is 1. The van der Waals surface area contributed by atoms with Crippen molar-refractivity contribution in [3.63, 3.8) is 0 Å². The van der Waals surface area contributed by atoms with Crippen LogP contribution in [0.15, 0.2) is 65.9 Å². The van der Waals surface area contributed by atoms with Gasteiger partial charge in [-0.1, -0.05) is 18.2 Å². The van der Waals surface area contributed by atoms with Gasteiger partial charge in [0.05, 0.1) is 22.4 Å². The highest BCUT2D eigenvalue weighted by atomic mass is 19.1. The number of halogens is 1. The quantitative estimate of drug-likeness (QED) is 0.594. The fourth-order valence-electron chi connectivity index (χ4n) is 3.19. The van der Waals surface area contributed by atoms with E-state index in [1.807, 2.05) is 36.5 Å². The number of nitrogens with one attached hydrogen (secondary N) is 2. The van der Waals surface area contributed by atoms with Gasteiger partial charge in [-0.25, -0.2) is 14.4 Å². The summed E-state index contributed by atoms with van der Waals surface area (Å²) in [6, 6.07) is 16.4. The Kier molecular flexibility index (Phi) is 3.24. The van der Waals surface area contributed by atoms with Crippen LogP contribution < -0.4 is 15.6 Å². The number of aromatic nitrogens is 2. The summed E-state index contributed by atoms with van der Waals surface area (Å²) in [6.45, 7) is 0.558. The maximum Gasteiger partial charge on any atom is 0.175 e. The molecular weight excluding hydrogens is 331 g/mol. The minimum absolute atomic E-state index is 0.305. The molecule has 0 saturated heterocycles. The van der Waals surface area contributed by atoms with Crippen molar-refractivity contribution in [1.82, 2.24) is 14.7 Å². The van der Waals surface area contributed by atoms with Crippen LogP contribution in [-0.4, -0.2) is 22.4 Å². The first-order valence-electron chi connectivity index (χ1n) is 8.26. The zero-order valence-corrected chi connectivity index (χ0v) is 13.7. The van der Waals surface area contributed by atoms with Gasteiger partial charge in [0.1, 0.15) is 24.3 Å². The second-order valence-corrected chi connectivity index (χ2v) is 5.98. The lowest BCUT2D eigenvalue weighted by atomic mass is 10.2. The second kappa shape index (κ2) is 5.73. The fraction of sp³-hybridized carbons (Fsp3) is 0.0526. The maximum atomic E-state index is 14.1. The Morgan fingerprint density at radius 2 is 1.81 bits per heavy atom. The lowest BCUT2D eigenvalue weighted by molar-refractivity contribution is 0.632. The Bertz CT molecular complexity index is 1150. The number of hydrogen-bond donors (Lipinski definition) is 2. The van der Waals surface area contributed by atoms with Crippen LogP contribution in [0.3, 0.4) is 0 Å². The van der Waals surface area contributed by atoms with Gasteiger partial charge in [-0.3, -0.25) is 0 Å². The van der Waals surface area contributed by atoms with Crippen molar-refractivity contribution in [2.24, 2.45) is 5.10 Å². The normalized spacial score (nSPS) is 13.5. The first-order valence-corrected chi connectivity index (χ1v) is 8.26. The molecule has 1 aliphatic rings. The van der Waals surface area contributed by atoms with Crippen molar-refractivity contribution in [2.75, 3.05) is 17.0 Å². The van der Waals surface area contributed by atoms with E-state index < -0.39 is 0 Å². The third-order valence-corrected chi connectivity index (χ3v) is 4.39. The summed E-state index contributed by atoms with van der Waals surface area (Å²) in [6.07, 6.45) is 3.64. The van der Waals surface area contributed by atoms with Crippen LogP contribution in [0.1, 0.15) is 0 Å². The van der Waals surface area contributed by atoms with Gasteiger partial charge in [0.15, 0.2) is 5.82 Å². The molecule has 0 fully saturated rings. The molecule has 0 aliphatic carbocycles. The van der Waals surface area contributed by atoms with Gasteiger partial charge in [0, 0.05) is 6.20 Å². The van der Waals surface area contributed by atoms with E-state index in [0.29, 0.717) is 12.4 Å². The standard InChI is InChI=1S/C19H15FN6/c20-13-5-1-2-6-14(13)23-15-7-3-8-16-18(15)24-19(26-12-21-11-22-26)17-9-4-10-25(16)17/h1-11,23H,12H2,(H,21,22). The molecule has 0 radical (unpaired) electrons. The molecule has 0 saturated carbocycles. The SMILES string of the molecule is Fc1ccccc1Nc1cccc2c1nc(N1CNC=N1)c1cccn12. The first kappa shape index (κ1) is 14.7. The average Bonchev–Trinajstić information content (AvgIpc) is 3.35. The van der Waals surface area contributed by atoms with E-state index >= 15 is 0 Å². The zero-order chi connectivity index (χ0) is 17.5. The molecule has 0 atom stereocenters. The van der Waals surface area contributed by atoms with Crippen LogP contribution in [0, 0.1) is 5.82 Å². The fourth-order valence-corrected chi connectivity index (χ4v) is 3.19. The minimum atomic E-state index is -0.305. The van der Waals surface area contributed by atoms with E-state index in [-0.39, 0.29) is 5.82 Å². The Morgan fingerprint density at radius 1 is 0.962 bits per heavy atom. The molecule has 0 amide bonds. The van der Waals surface area contributed by atoms with E-state index in [2.05, 4.69) is 20.1 Å². The summed E-state index contributed by atoms with van der Waals surface area (Å²) in [5, 5.41) is 12.3. The number of hydrogen-bond acceptors (Lipinski definition) is 5. The smallest absolute Gasteiger partial charge is 0.175 e. The van der Waals surface area contributed by atoms with Crippen molar-refractivity contribution in [1.29, 1.82) is 0 Å². The molecule has 128 valence electrons. The van der Waals surface area contributed by atoms with Crippen LogP contribution in [-0.2, 0) is 0 Å². The van der Waals surface area contributed by atoms with Crippen molar-refractivity contribution in [2.45, 2.75) is 0 Å². The Labute approximate surface area is 148 Å². The lowest BCUT2D eigenvalue weighted by Gasteiger charge is -2.17. The zero-order valence-electron chi connectivity index (χ0n) is 13.7. The molecular formula is C19H15FN6. The summed E-state index contributed by atoms with van der Waals surface area (Å²) in [7, 11) is 0. The summed E-state index contributed by atoms with van der Waals surface area (Å²) < 4.78 is 16.1. The molecule has 2 N–H and O–H groups in total. The first-order chi connectivity index (χ1) is 12.8. The van der Waals surface area contributed by atoms with E-state index in [0.717, 1.165) is 28.1 Å². The highest BCUT2D eigenvalue weighted by Crippen LogP contribution is 2.31. The van der Waals surface area contributed by atoms with Crippen LogP contribution in [0.2, 0.25) is 0 Å². The summed E-state index contributed by atoms with van der Waals surface area (Å²) in [5.41, 5.74) is 3.79.